The molecule has 218 valence electrons. The molecule has 0 aliphatic carbocycles. The van der Waals surface area contributed by atoms with E-state index in [1.165, 1.54) is 29.7 Å². The van der Waals surface area contributed by atoms with Gasteiger partial charge in [-0.15, -0.1) is 0 Å². The third kappa shape index (κ3) is 5.96. The SMILES string of the molecule is COc1cc2c(cc1OC)CN(C(=O)NCCCOc1ccc(S(=O)(=O)C3(C(=O)NO)CCOCC3)cc1)CC2. The average molecular weight is 578 g/mol. The number of hydroxylamine groups is 1. The number of carbonyl (C=O) groups excluding carboxylic acids is 2. The average Bonchev–Trinajstić information content (AvgIpc) is 2.99. The van der Waals surface area contributed by atoms with Crippen molar-refractivity contribution in [1.82, 2.24) is 15.7 Å². The van der Waals surface area contributed by atoms with Crippen LogP contribution in [-0.4, -0.2) is 82.3 Å². The number of fused-ring (bicyclic) bond motifs is 1. The van der Waals surface area contributed by atoms with Gasteiger partial charge in [-0.05, 0) is 73.2 Å². The van der Waals surface area contributed by atoms with E-state index >= 15 is 0 Å². The van der Waals surface area contributed by atoms with Crippen LogP contribution in [0.3, 0.4) is 0 Å². The molecule has 4 rings (SSSR count). The normalized spacial score (nSPS) is 16.4. The number of urea groups is 1. The molecule has 2 aliphatic heterocycles. The minimum Gasteiger partial charge on any atom is -0.494 e. The third-order valence-corrected chi connectivity index (χ3v) is 9.85. The molecule has 3 N–H and O–H groups in total. The Morgan fingerprint density at radius 3 is 2.33 bits per heavy atom. The van der Waals surface area contributed by atoms with Crippen molar-refractivity contribution in [3.05, 3.63) is 47.5 Å². The van der Waals surface area contributed by atoms with E-state index < -0.39 is 20.5 Å². The molecule has 0 spiro atoms. The van der Waals surface area contributed by atoms with Gasteiger partial charge >= 0.3 is 6.03 Å². The molecule has 0 bridgehead atoms. The molecule has 0 radical (unpaired) electrons. The quantitative estimate of drug-likeness (QED) is 0.219. The number of benzene rings is 2. The van der Waals surface area contributed by atoms with Crippen molar-refractivity contribution < 1.29 is 42.2 Å². The molecule has 0 unspecified atom stereocenters. The van der Waals surface area contributed by atoms with Gasteiger partial charge < -0.3 is 29.2 Å². The van der Waals surface area contributed by atoms with Crippen LogP contribution in [0, 0.1) is 0 Å². The summed E-state index contributed by atoms with van der Waals surface area (Å²) in [5.41, 5.74) is 3.66. The summed E-state index contributed by atoms with van der Waals surface area (Å²) in [6.45, 7) is 1.97. The molecule has 0 saturated carbocycles. The van der Waals surface area contributed by atoms with Crippen molar-refractivity contribution in [3.8, 4) is 17.2 Å². The summed E-state index contributed by atoms with van der Waals surface area (Å²) in [6.07, 6.45) is 1.15. The minimum atomic E-state index is -4.10. The number of nitrogens with zero attached hydrogens (tertiary/aromatic N) is 1. The van der Waals surface area contributed by atoms with Gasteiger partial charge in [-0.1, -0.05) is 0 Å². The number of methoxy groups -OCH3 is 2. The fourth-order valence-electron chi connectivity index (χ4n) is 4.99. The Balaban J connectivity index is 1.25. The zero-order chi connectivity index (χ0) is 28.8. The van der Waals surface area contributed by atoms with Gasteiger partial charge in [0.25, 0.3) is 5.91 Å². The highest BCUT2D eigenvalue weighted by atomic mass is 32.2. The van der Waals surface area contributed by atoms with Crippen molar-refractivity contribution >= 4 is 21.8 Å². The van der Waals surface area contributed by atoms with E-state index in [0.29, 0.717) is 49.9 Å². The van der Waals surface area contributed by atoms with Crippen molar-refractivity contribution in [3.63, 3.8) is 0 Å². The smallest absolute Gasteiger partial charge is 0.317 e. The highest BCUT2D eigenvalue weighted by Crippen LogP contribution is 2.36. The van der Waals surface area contributed by atoms with Crippen molar-refractivity contribution in [2.24, 2.45) is 0 Å². The predicted octanol–water partition coefficient (Wildman–Crippen LogP) is 2.07. The second kappa shape index (κ2) is 12.7. The molecule has 2 aromatic carbocycles. The first-order valence-corrected chi connectivity index (χ1v) is 14.5. The number of ether oxygens (including phenoxy) is 4. The van der Waals surface area contributed by atoms with Crippen molar-refractivity contribution in [2.45, 2.75) is 41.9 Å². The monoisotopic (exact) mass is 577 g/mol. The lowest BCUT2D eigenvalue weighted by molar-refractivity contribution is -0.134. The van der Waals surface area contributed by atoms with Crippen LogP contribution in [0.5, 0.6) is 17.2 Å². The van der Waals surface area contributed by atoms with E-state index in [1.807, 2.05) is 12.1 Å². The summed E-state index contributed by atoms with van der Waals surface area (Å²) < 4.78 is 46.5. The van der Waals surface area contributed by atoms with E-state index in [0.717, 1.165) is 17.5 Å². The minimum absolute atomic E-state index is 0.0446. The Morgan fingerprint density at radius 2 is 1.70 bits per heavy atom. The highest BCUT2D eigenvalue weighted by molar-refractivity contribution is 7.93. The van der Waals surface area contributed by atoms with Crippen LogP contribution >= 0.6 is 0 Å². The summed E-state index contributed by atoms with van der Waals surface area (Å²) in [7, 11) is -0.922. The van der Waals surface area contributed by atoms with Gasteiger partial charge in [-0.3, -0.25) is 10.0 Å². The maximum absolute atomic E-state index is 13.3. The summed E-state index contributed by atoms with van der Waals surface area (Å²) in [5.74, 6) is 0.791. The summed E-state index contributed by atoms with van der Waals surface area (Å²) >= 11 is 0. The van der Waals surface area contributed by atoms with Crippen molar-refractivity contribution in [1.29, 1.82) is 0 Å². The number of rotatable bonds is 10. The first-order chi connectivity index (χ1) is 19.3. The van der Waals surface area contributed by atoms with Gasteiger partial charge in [0.2, 0.25) is 0 Å². The van der Waals surface area contributed by atoms with Gasteiger partial charge in [0, 0.05) is 32.8 Å². The van der Waals surface area contributed by atoms with E-state index in [-0.39, 0.29) is 37.0 Å². The van der Waals surface area contributed by atoms with Gasteiger partial charge in [-0.25, -0.2) is 18.7 Å². The van der Waals surface area contributed by atoms with Crippen LogP contribution < -0.4 is 25.0 Å². The maximum Gasteiger partial charge on any atom is 0.317 e. The van der Waals surface area contributed by atoms with E-state index in [4.69, 9.17) is 24.2 Å². The largest absolute Gasteiger partial charge is 0.494 e. The molecule has 0 atom stereocenters. The van der Waals surface area contributed by atoms with Crippen LogP contribution in [0.2, 0.25) is 0 Å². The Kier molecular flexibility index (Phi) is 9.38. The fraction of sp³-hybridized carbons (Fsp3) is 0.481. The molecule has 3 amide bonds. The molecule has 13 heteroatoms. The van der Waals surface area contributed by atoms with Gasteiger partial charge in [0.05, 0.1) is 25.7 Å². The Labute approximate surface area is 233 Å². The van der Waals surface area contributed by atoms with Crippen LogP contribution in [0.4, 0.5) is 4.79 Å². The van der Waals surface area contributed by atoms with Crippen LogP contribution in [0.15, 0.2) is 41.3 Å². The number of sulfone groups is 1. The molecule has 2 heterocycles. The molecular formula is C27H35N3O9S. The topological polar surface area (TPSA) is 153 Å². The second-order valence-corrected chi connectivity index (χ2v) is 11.9. The lowest BCUT2D eigenvalue weighted by Gasteiger charge is -2.34. The molecular weight excluding hydrogens is 542 g/mol. The molecule has 40 heavy (non-hydrogen) atoms. The van der Waals surface area contributed by atoms with E-state index in [1.54, 1.807) is 19.1 Å². The fourth-order valence-corrected chi connectivity index (χ4v) is 6.93. The number of nitrogens with one attached hydrogen (secondary N) is 2. The lowest BCUT2D eigenvalue weighted by Crippen LogP contribution is -2.54. The van der Waals surface area contributed by atoms with Crippen molar-refractivity contribution in [2.75, 3.05) is 47.1 Å². The predicted molar refractivity (Wildman–Crippen MR) is 144 cm³/mol. The van der Waals surface area contributed by atoms with Crippen LogP contribution in [0.25, 0.3) is 0 Å². The number of hydrogen-bond acceptors (Lipinski definition) is 9. The third-order valence-electron chi connectivity index (χ3n) is 7.34. The summed E-state index contributed by atoms with van der Waals surface area (Å²) in [5, 5.41) is 12.1. The van der Waals surface area contributed by atoms with Crippen LogP contribution in [0.1, 0.15) is 30.4 Å². The number of carbonyl (C=O) groups is 2. The molecule has 0 aromatic heterocycles. The molecule has 1 fully saturated rings. The maximum atomic E-state index is 13.3. The van der Waals surface area contributed by atoms with Crippen LogP contribution in [-0.2, 0) is 32.3 Å². The molecule has 1 saturated heterocycles. The molecule has 12 nitrogen and oxygen atoms in total. The second-order valence-electron chi connectivity index (χ2n) is 9.60. The first-order valence-electron chi connectivity index (χ1n) is 13.0. The van der Waals surface area contributed by atoms with E-state index in [9.17, 15) is 18.0 Å². The Morgan fingerprint density at radius 1 is 1.05 bits per heavy atom. The Bertz CT molecular complexity index is 1310. The standard InChI is InChI=1S/C27H35N3O9S/c1-36-23-16-19-8-12-30(18-20(19)17-24(23)37-2)26(32)28-11-3-13-39-21-4-6-22(7-5-21)40(34,35)27(25(31)29-33)9-14-38-15-10-27/h4-7,16-17,33H,3,8-15,18H2,1-2H3,(H,28,32)(H,29,31). The summed E-state index contributed by atoms with van der Waals surface area (Å²) in [4.78, 5) is 26.8. The number of hydrogen-bond donors (Lipinski definition) is 3. The zero-order valence-corrected chi connectivity index (χ0v) is 23.4. The highest BCUT2D eigenvalue weighted by Gasteiger charge is 2.52. The zero-order valence-electron chi connectivity index (χ0n) is 22.6. The molecule has 2 aliphatic rings. The lowest BCUT2D eigenvalue weighted by atomic mass is 9.98. The summed E-state index contributed by atoms with van der Waals surface area (Å²) in [6, 6.07) is 9.50. The molecule has 2 aromatic rings. The Hall–Kier alpha value is -3.55. The van der Waals surface area contributed by atoms with Gasteiger partial charge in [-0.2, -0.15) is 0 Å². The first kappa shape index (κ1) is 29.4. The number of amides is 3. The van der Waals surface area contributed by atoms with Gasteiger partial charge in [0.1, 0.15) is 5.75 Å². The van der Waals surface area contributed by atoms with Gasteiger partial charge in [0.15, 0.2) is 26.1 Å². The van der Waals surface area contributed by atoms with E-state index in [2.05, 4.69) is 5.32 Å².